The van der Waals surface area contributed by atoms with Crippen LogP contribution in [0.4, 0.5) is 0 Å². The molecule has 2 heterocycles. The molecule has 0 bridgehead atoms. The van der Waals surface area contributed by atoms with Gasteiger partial charge in [-0.3, -0.25) is 0 Å². The minimum Gasteiger partial charge on any atom is -0.423 e. The number of hydrogen-bond donors (Lipinski definition) is 0. The predicted molar refractivity (Wildman–Crippen MR) is 193 cm³/mol. The van der Waals surface area contributed by atoms with Crippen molar-refractivity contribution in [3.05, 3.63) is 236 Å². The third-order valence-electron chi connectivity index (χ3n) is 8.52. The third kappa shape index (κ3) is 6.51. The molecular formula is C44H32O4. The minimum atomic E-state index is -0.319. The highest BCUT2D eigenvalue weighted by Gasteiger charge is 2.21. The van der Waals surface area contributed by atoms with Gasteiger partial charge in [0.2, 0.25) is 0 Å². The summed E-state index contributed by atoms with van der Waals surface area (Å²) in [5, 5.41) is 1.93. The Morgan fingerprint density at radius 1 is 0.333 bits per heavy atom. The second kappa shape index (κ2) is 14.0. The second-order valence-corrected chi connectivity index (χ2v) is 11.5. The molecule has 0 unspecified atom stereocenters. The van der Waals surface area contributed by atoms with E-state index in [0.29, 0.717) is 11.2 Å². The molecule has 2 aromatic heterocycles. The summed E-state index contributed by atoms with van der Waals surface area (Å²) in [5.41, 5.74) is 7.16. The monoisotopic (exact) mass is 624 g/mol. The molecule has 8 rings (SSSR count). The van der Waals surface area contributed by atoms with E-state index < -0.39 is 0 Å². The first-order valence-electron chi connectivity index (χ1n) is 15.9. The Morgan fingerprint density at radius 2 is 0.604 bits per heavy atom. The summed E-state index contributed by atoms with van der Waals surface area (Å²) in [7, 11) is 0. The summed E-state index contributed by atoms with van der Waals surface area (Å²) in [6.07, 6.45) is 0. The van der Waals surface area contributed by atoms with Crippen LogP contribution in [-0.2, 0) is 0 Å². The van der Waals surface area contributed by atoms with Crippen molar-refractivity contribution < 1.29 is 8.83 Å². The molecule has 6 aromatic carbocycles. The number of para-hydroxylation sites is 2. The van der Waals surface area contributed by atoms with Gasteiger partial charge >= 0.3 is 11.3 Å². The fourth-order valence-corrected chi connectivity index (χ4v) is 6.44. The highest BCUT2D eigenvalue weighted by molar-refractivity contribution is 5.83. The van der Waals surface area contributed by atoms with Crippen LogP contribution in [0.15, 0.2) is 200 Å². The van der Waals surface area contributed by atoms with Crippen molar-refractivity contribution in [3.63, 3.8) is 0 Å². The van der Waals surface area contributed by atoms with Gasteiger partial charge < -0.3 is 8.83 Å². The van der Waals surface area contributed by atoms with Gasteiger partial charge in [-0.1, -0.05) is 158 Å². The van der Waals surface area contributed by atoms with Gasteiger partial charge in [0, 0.05) is 34.7 Å². The van der Waals surface area contributed by atoms with Gasteiger partial charge in [0.1, 0.15) is 11.2 Å². The van der Waals surface area contributed by atoms with Gasteiger partial charge in [0.25, 0.3) is 0 Å². The third-order valence-corrected chi connectivity index (χ3v) is 8.52. The summed E-state index contributed by atoms with van der Waals surface area (Å²) in [6.45, 7) is 0. The van der Waals surface area contributed by atoms with Gasteiger partial charge in [-0.15, -0.1) is 0 Å². The average Bonchev–Trinajstić information content (AvgIpc) is 3.14. The molecule has 0 fully saturated rings. The molecule has 0 aliphatic rings. The van der Waals surface area contributed by atoms with Crippen molar-refractivity contribution >= 4 is 21.9 Å². The zero-order chi connectivity index (χ0) is 32.7. The van der Waals surface area contributed by atoms with Crippen LogP contribution in [0.25, 0.3) is 21.9 Å². The van der Waals surface area contributed by atoms with Crippen molar-refractivity contribution in [1.82, 2.24) is 0 Å². The van der Waals surface area contributed by atoms with Crippen LogP contribution in [0, 0.1) is 0 Å². The number of benzene rings is 6. The van der Waals surface area contributed by atoms with E-state index >= 15 is 0 Å². The maximum atomic E-state index is 12.1. The van der Waals surface area contributed by atoms with Crippen LogP contribution in [0.2, 0.25) is 0 Å². The second-order valence-electron chi connectivity index (χ2n) is 11.5. The van der Waals surface area contributed by atoms with Crippen LogP contribution < -0.4 is 11.3 Å². The molecule has 232 valence electrons. The quantitative estimate of drug-likeness (QED) is 0.173. The molecule has 48 heavy (non-hydrogen) atoms. The number of fused-ring (bicyclic) bond motifs is 2. The van der Waals surface area contributed by atoms with Crippen molar-refractivity contribution in [3.8, 4) is 0 Å². The lowest BCUT2D eigenvalue weighted by atomic mass is 9.84. The summed E-state index contributed by atoms with van der Waals surface area (Å²) in [6, 6.07) is 59.7. The van der Waals surface area contributed by atoms with Crippen molar-refractivity contribution in [1.29, 1.82) is 0 Å². The van der Waals surface area contributed by atoms with E-state index in [1.54, 1.807) is 12.1 Å². The Bertz CT molecular complexity index is 2130. The topological polar surface area (TPSA) is 60.4 Å². The zero-order valence-electron chi connectivity index (χ0n) is 26.1. The van der Waals surface area contributed by atoms with E-state index in [9.17, 15) is 9.59 Å². The Balaban J connectivity index is 0.000000152. The molecule has 0 atom stereocenters. The number of rotatable bonds is 6. The lowest BCUT2D eigenvalue weighted by Gasteiger charge is -2.20. The van der Waals surface area contributed by atoms with E-state index in [-0.39, 0.29) is 23.1 Å². The van der Waals surface area contributed by atoms with Crippen LogP contribution in [-0.4, -0.2) is 0 Å². The van der Waals surface area contributed by atoms with E-state index in [4.69, 9.17) is 8.83 Å². The first kappa shape index (κ1) is 30.4. The van der Waals surface area contributed by atoms with Gasteiger partial charge in [0.15, 0.2) is 0 Å². The molecular weight excluding hydrogens is 592 g/mol. The van der Waals surface area contributed by atoms with Crippen LogP contribution in [0.3, 0.4) is 0 Å². The lowest BCUT2D eigenvalue weighted by molar-refractivity contribution is 0.558. The van der Waals surface area contributed by atoms with Gasteiger partial charge in [-0.2, -0.15) is 0 Å². The molecule has 0 radical (unpaired) electrons. The SMILES string of the molecule is O=c1cc(C(c2ccccc2)c2ccccc2)c2ccccc2o1.O=c1cc(C(c2ccccc2)c2ccccc2)c2ccccc2o1. The lowest BCUT2D eigenvalue weighted by Crippen LogP contribution is -2.08. The molecule has 0 amide bonds. The Hall–Kier alpha value is -6.26. The molecule has 0 aliphatic carbocycles. The first-order chi connectivity index (χ1) is 23.7. The first-order valence-corrected chi connectivity index (χ1v) is 15.9. The van der Waals surface area contributed by atoms with Gasteiger partial charge in [-0.25, -0.2) is 9.59 Å². The average molecular weight is 625 g/mol. The molecule has 0 N–H and O–H groups in total. The standard InChI is InChI=1S/2C22H16O2/c2*23-21-15-19(18-13-7-8-14-20(18)24-21)22(16-9-3-1-4-10-16)17-11-5-2-6-12-17/h2*1-15,22H. The predicted octanol–water partition coefficient (Wildman–Crippen LogP) is 9.95. The zero-order valence-corrected chi connectivity index (χ0v) is 26.1. The van der Waals surface area contributed by atoms with E-state index in [0.717, 1.165) is 44.2 Å². The summed E-state index contributed by atoms with van der Waals surface area (Å²) >= 11 is 0. The molecule has 0 spiro atoms. The highest BCUT2D eigenvalue weighted by atomic mass is 16.4. The Labute approximate surface area is 278 Å². The fraction of sp³-hybridized carbons (Fsp3) is 0.0455. The van der Waals surface area contributed by atoms with E-state index in [1.807, 2.05) is 121 Å². The maximum Gasteiger partial charge on any atom is 0.336 e. The number of hydrogen-bond acceptors (Lipinski definition) is 4. The van der Waals surface area contributed by atoms with Gasteiger partial charge in [-0.05, 0) is 45.5 Å². The van der Waals surface area contributed by atoms with Crippen molar-refractivity contribution in [2.45, 2.75) is 11.8 Å². The Morgan fingerprint density at radius 3 is 0.917 bits per heavy atom. The summed E-state index contributed by atoms with van der Waals surface area (Å²) in [4.78, 5) is 24.2. The Kier molecular flexibility index (Phi) is 8.88. The van der Waals surface area contributed by atoms with Crippen molar-refractivity contribution in [2.75, 3.05) is 0 Å². The highest BCUT2D eigenvalue weighted by Crippen LogP contribution is 2.36. The summed E-state index contributed by atoms with van der Waals surface area (Å²) < 4.78 is 10.7. The van der Waals surface area contributed by atoms with Crippen LogP contribution >= 0.6 is 0 Å². The maximum absolute atomic E-state index is 12.1. The van der Waals surface area contributed by atoms with Gasteiger partial charge in [0.05, 0.1) is 0 Å². The smallest absolute Gasteiger partial charge is 0.336 e. The molecule has 4 heteroatoms. The fourth-order valence-electron chi connectivity index (χ4n) is 6.44. The molecule has 0 saturated heterocycles. The molecule has 0 saturated carbocycles. The molecule has 8 aromatic rings. The van der Waals surface area contributed by atoms with E-state index in [2.05, 4.69) is 48.5 Å². The van der Waals surface area contributed by atoms with Crippen molar-refractivity contribution in [2.24, 2.45) is 0 Å². The molecule has 4 nitrogen and oxygen atoms in total. The normalized spacial score (nSPS) is 11.0. The summed E-state index contributed by atoms with van der Waals surface area (Å²) in [5.74, 6) is -0.0252. The van der Waals surface area contributed by atoms with Crippen LogP contribution in [0.1, 0.15) is 45.2 Å². The van der Waals surface area contributed by atoms with Crippen LogP contribution in [0.5, 0.6) is 0 Å². The minimum absolute atomic E-state index is 0.0126. The molecule has 0 aliphatic heterocycles. The van der Waals surface area contributed by atoms with E-state index in [1.165, 1.54) is 0 Å². The largest absolute Gasteiger partial charge is 0.423 e.